The van der Waals surface area contributed by atoms with Gasteiger partial charge in [0.05, 0.1) is 16.9 Å². The zero-order valence-corrected chi connectivity index (χ0v) is 11.8. The molecule has 0 amide bonds. The average molecular weight is 278 g/mol. The smallest absolute Gasteiger partial charge is 0.150 e. The standard InChI is InChI=1S/C14H18N2O2S/c1-19(17,18)14-4-2-3-13(9-14)16-12-7-5-11(10-15)6-8-12/h5-8,13-14,16H,2-4,9H2,1H3. The molecule has 0 saturated heterocycles. The fourth-order valence-electron chi connectivity index (χ4n) is 2.54. The van der Waals surface area contributed by atoms with Crippen molar-refractivity contribution in [3.05, 3.63) is 29.8 Å². The van der Waals surface area contributed by atoms with Crippen molar-refractivity contribution < 1.29 is 8.42 Å². The van der Waals surface area contributed by atoms with Gasteiger partial charge in [-0.25, -0.2) is 8.42 Å². The van der Waals surface area contributed by atoms with Gasteiger partial charge >= 0.3 is 0 Å². The summed E-state index contributed by atoms with van der Waals surface area (Å²) in [5, 5.41) is 11.9. The highest BCUT2D eigenvalue weighted by molar-refractivity contribution is 7.91. The van der Waals surface area contributed by atoms with Gasteiger partial charge in [0.2, 0.25) is 0 Å². The summed E-state index contributed by atoms with van der Waals surface area (Å²) in [6.45, 7) is 0. The van der Waals surface area contributed by atoms with Crippen LogP contribution in [0.2, 0.25) is 0 Å². The first kappa shape index (κ1) is 13.9. The number of nitriles is 1. The van der Waals surface area contributed by atoms with E-state index in [9.17, 15) is 8.42 Å². The summed E-state index contributed by atoms with van der Waals surface area (Å²) in [4.78, 5) is 0. The molecule has 1 saturated carbocycles. The fraction of sp³-hybridized carbons (Fsp3) is 0.500. The van der Waals surface area contributed by atoms with E-state index >= 15 is 0 Å². The van der Waals surface area contributed by atoms with E-state index in [1.54, 1.807) is 12.1 Å². The number of sulfone groups is 1. The van der Waals surface area contributed by atoms with Crippen LogP contribution in [0.5, 0.6) is 0 Å². The molecule has 0 radical (unpaired) electrons. The summed E-state index contributed by atoms with van der Waals surface area (Å²) < 4.78 is 23.2. The monoisotopic (exact) mass is 278 g/mol. The molecule has 0 heterocycles. The third kappa shape index (κ3) is 3.71. The Hall–Kier alpha value is -1.54. The van der Waals surface area contributed by atoms with Crippen molar-refractivity contribution in [2.75, 3.05) is 11.6 Å². The highest BCUT2D eigenvalue weighted by atomic mass is 32.2. The highest BCUT2D eigenvalue weighted by Gasteiger charge is 2.28. The number of anilines is 1. The first-order valence-electron chi connectivity index (χ1n) is 6.44. The van der Waals surface area contributed by atoms with Gasteiger partial charge in [-0.3, -0.25) is 0 Å². The van der Waals surface area contributed by atoms with Crippen molar-refractivity contribution in [1.29, 1.82) is 5.26 Å². The lowest BCUT2D eigenvalue weighted by Gasteiger charge is -2.29. The predicted molar refractivity (Wildman–Crippen MR) is 75.7 cm³/mol. The van der Waals surface area contributed by atoms with Gasteiger partial charge in [-0.15, -0.1) is 0 Å². The van der Waals surface area contributed by atoms with E-state index in [2.05, 4.69) is 11.4 Å². The molecule has 1 N–H and O–H groups in total. The molecule has 0 spiro atoms. The van der Waals surface area contributed by atoms with Gasteiger partial charge in [-0.05, 0) is 43.5 Å². The van der Waals surface area contributed by atoms with Gasteiger partial charge in [-0.1, -0.05) is 6.42 Å². The first-order chi connectivity index (χ1) is 8.99. The lowest BCUT2D eigenvalue weighted by molar-refractivity contribution is 0.453. The van der Waals surface area contributed by atoms with Gasteiger partial charge in [0, 0.05) is 18.0 Å². The van der Waals surface area contributed by atoms with E-state index in [4.69, 9.17) is 5.26 Å². The molecule has 102 valence electrons. The van der Waals surface area contributed by atoms with Crippen molar-refractivity contribution in [3.8, 4) is 6.07 Å². The Morgan fingerprint density at radius 2 is 1.95 bits per heavy atom. The topological polar surface area (TPSA) is 70.0 Å². The highest BCUT2D eigenvalue weighted by Crippen LogP contribution is 2.26. The second kappa shape index (κ2) is 5.62. The van der Waals surface area contributed by atoms with E-state index in [0.717, 1.165) is 24.9 Å². The Labute approximate surface area is 114 Å². The van der Waals surface area contributed by atoms with Crippen molar-refractivity contribution in [1.82, 2.24) is 0 Å². The van der Waals surface area contributed by atoms with E-state index < -0.39 is 9.84 Å². The molecular weight excluding hydrogens is 260 g/mol. The lowest BCUT2D eigenvalue weighted by atomic mass is 9.94. The van der Waals surface area contributed by atoms with Gasteiger partial charge in [0.25, 0.3) is 0 Å². The molecule has 1 aliphatic carbocycles. The normalized spacial score (nSPS) is 23.6. The summed E-state index contributed by atoms with van der Waals surface area (Å²) in [7, 11) is -2.94. The minimum Gasteiger partial charge on any atom is -0.382 e. The fourth-order valence-corrected chi connectivity index (χ4v) is 3.72. The molecule has 1 aromatic carbocycles. The van der Waals surface area contributed by atoms with Crippen molar-refractivity contribution in [2.24, 2.45) is 0 Å². The molecule has 2 rings (SSSR count). The van der Waals surface area contributed by atoms with Gasteiger partial charge in [-0.2, -0.15) is 5.26 Å². The van der Waals surface area contributed by atoms with Gasteiger partial charge < -0.3 is 5.32 Å². The summed E-state index contributed by atoms with van der Waals surface area (Å²) in [5.41, 5.74) is 1.57. The van der Waals surface area contributed by atoms with E-state index in [0.29, 0.717) is 12.0 Å². The number of nitrogens with zero attached hydrogens (tertiary/aromatic N) is 1. The molecule has 5 heteroatoms. The molecule has 2 unspecified atom stereocenters. The summed E-state index contributed by atoms with van der Waals surface area (Å²) in [6, 6.07) is 9.53. The van der Waals surface area contributed by atoms with Crippen LogP contribution >= 0.6 is 0 Å². The number of nitrogens with one attached hydrogen (secondary N) is 1. The Morgan fingerprint density at radius 1 is 1.26 bits per heavy atom. The third-order valence-electron chi connectivity index (χ3n) is 3.62. The molecule has 2 atom stereocenters. The average Bonchev–Trinajstić information content (AvgIpc) is 2.39. The van der Waals surface area contributed by atoms with Crippen LogP contribution in [0.15, 0.2) is 24.3 Å². The second-order valence-electron chi connectivity index (χ2n) is 5.15. The zero-order chi connectivity index (χ0) is 13.9. The molecule has 0 bridgehead atoms. The van der Waals surface area contributed by atoms with Crippen LogP contribution in [-0.2, 0) is 9.84 Å². The summed E-state index contributed by atoms with van der Waals surface area (Å²) >= 11 is 0. The summed E-state index contributed by atoms with van der Waals surface area (Å²) in [5.74, 6) is 0. The third-order valence-corrected chi connectivity index (χ3v) is 5.26. The number of hydrogen-bond acceptors (Lipinski definition) is 4. The lowest BCUT2D eigenvalue weighted by Crippen LogP contribution is -2.34. The molecule has 0 aliphatic heterocycles. The van der Waals surface area contributed by atoms with Crippen LogP contribution in [0.25, 0.3) is 0 Å². The Balaban J connectivity index is 2.01. The molecule has 1 fully saturated rings. The maximum atomic E-state index is 11.6. The minimum atomic E-state index is -2.94. The second-order valence-corrected chi connectivity index (χ2v) is 7.47. The van der Waals surface area contributed by atoms with Crippen LogP contribution < -0.4 is 5.32 Å². The predicted octanol–water partition coefficient (Wildman–Crippen LogP) is 2.33. The number of rotatable bonds is 3. The van der Waals surface area contributed by atoms with Crippen LogP contribution in [0.3, 0.4) is 0 Å². The van der Waals surface area contributed by atoms with Crippen LogP contribution in [-0.4, -0.2) is 26.0 Å². The largest absolute Gasteiger partial charge is 0.382 e. The van der Waals surface area contributed by atoms with Gasteiger partial charge in [0.1, 0.15) is 9.84 Å². The maximum absolute atomic E-state index is 11.6. The molecule has 19 heavy (non-hydrogen) atoms. The van der Waals surface area contributed by atoms with Crippen molar-refractivity contribution >= 4 is 15.5 Å². The minimum absolute atomic E-state index is 0.196. The number of benzene rings is 1. The maximum Gasteiger partial charge on any atom is 0.150 e. The Morgan fingerprint density at radius 3 is 2.53 bits per heavy atom. The number of hydrogen-bond donors (Lipinski definition) is 1. The van der Waals surface area contributed by atoms with E-state index in [1.807, 2.05) is 12.1 Å². The zero-order valence-electron chi connectivity index (χ0n) is 11.0. The van der Waals surface area contributed by atoms with Crippen LogP contribution in [0.4, 0.5) is 5.69 Å². The van der Waals surface area contributed by atoms with Crippen LogP contribution in [0.1, 0.15) is 31.2 Å². The van der Waals surface area contributed by atoms with Gasteiger partial charge in [0.15, 0.2) is 0 Å². The SMILES string of the molecule is CS(=O)(=O)C1CCCC(Nc2ccc(C#N)cc2)C1. The molecule has 1 aliphatic rings. The van der Waals surface area contributed by atoms with E-state index in [-0.39, 0.29) is 11.3 Å². The summed E-state index contributed by atoms with van der Waals surface area (Å²) in [6.07, 6.45) is 4.68. The van der Waals surface area contributed by atoms with Crippen LogP contribution in [0, 0.1) is 11.3 Å². The Kier molecular flexibility index (Phi) is 4.11. The molecular formula is C14H18N2O2S. The van der Waals surface area contributed by atoms with Crippen molar-refractivity contribution in [2.45, 2.75) is 37.0 Å². The van der Waals surface area contributed by atoms with Crippen molar-refractivity contribution in [3.63, 3.8) is 0 Å². The Bertz CT molecular complexity index is 572. The molecule has 1 aromatic rings. The quantitative estimate of drug-likeness (QED) is 0.921. The first-order valence-corrected chi connectivity index (χ1v) is 8.40. The molecule has 4 nitrogen and oxygen atoms in total. The van der Waals surface area contributed by atoms with E-state index in [1.165, 1.54) is 6.26 Å². The molecule has 0 aromatic heterocycles.